The molecule has 1 aromatic heterocycles. The Hall–Kier alpha value is -4.69. The highest BCUT2D eigenvalue weighted by Gasteiger charge is 2.22. The second-order valence-electron chi connectivity index (χ2n) is 8.54. The maximum atomic E-state index is 13.2. The molecule has 4 aromatic carbocycles. The van der Waals surface area contributed by atoms with E-state index in [0.717, 1.165) is 22.4 Å². The van der Waals surface area contributed by atoms with Crippen molar-refractivity contribution in [3.63, 3.8) is 0 Å². The number of Topliss-reactive ketones (excluding diaryl/α,β-unsaturated/α-hetero) is 1. The van der Waals surface area contributed by atoms with Crippen molar-refractivity contribution in [2.75, 3.05) is 19.7 Å². The van der Waals surface area contributed by atoms with E-state index in [1.54, 1.807) is 36.4 Å². The maximum absolute atomic E-state index is 13.2. The largest absolute Gasteiger partial charge is 0.492 e. The molecule has 0 fully saturated rings. The zero-order valence-corrected chi connectivity index (χ0v) is 20.8. The fourth-order valence-corrected chi connectivity index (χ4v) is 4.36. The van der Waals surface area contributed by atoms with Gasteiger partial charge >= 0.3 is 0 Å². The quantitative estimate of drug-likeness (QED) is 0.122. The van der Waals surface area contributed by atoms with Gasteiger partial charge in [-0.25, -0.2) is 0 Å². The summed E-state index contributed by atoms with van der Waals surface area (Å²) < 4.78 is 11.8. The van der Waals surface area contributed by atoms with Gasteiger partial charge in [-0.15, -0.1) is 0 Å². The smallest absolute Gasteiger partial charge is 0.288 e. The summed E-state index contributed by atoms with van der Waals surface area (Å²) in [5.41, 5.74) is 1.58. The van der Waals surface area contributed by atoms with Crippen LogP contribution in [0.5, 0.6) is 5.75 Å². The third-order valence-electron chi connectivity index (χ3n) is 6.09. The molecule has 1 amide bonds. The van der Waals surface area contributed by atoms with Gasteiger partial charge in [0.2, 0.25) is 0 Å². The monoisotopic (exact) mass is 528 g/mol. The molecule has 38 heavy (non-hydrogen) atoms. The van der Waals surface area contributed by atoms with E-state index >= 15 is 0 Å². The summed E-state index contributed by atoms with van der Waals surface area (Å²) in [5.74, 6) is -0.264. The van der Waals surface area contributed by atoms with Crippen LogP contribution in [0.4, 0.5) is 5.69 Å². The first-order valence-corrected chi connectivity index (χ1v) is 12.1. The number of carbonyl (C=O) groups excluding carboxylic acids is 2. The number of halogens is 1. The van der Waals surface area contributed by atoms with Crippen molar-refractivity contribution < 1.29 is 23.7 Å². The van der Waals surface area contributed by atoms with Gasteiger partial charge in [0.15, 0.2) is 5.78 Å². The maximum Gasteiger partial charge on any atom is 0.288 e. The number of carbonyl (C=O) groups is 2. The van der Waals surface area contributed by atoms with Crippen LogP contribution in [0.3, 0.4) is 0 Å². The first-order chi connectivity index (χ1) is 18.4. The minimum absolute atomic E-state index is 0.0707. The predicted octanol–water partition coefficient (Wildman–Crippen LogP) is 6.55. The van der Waals surface area contributed by atoms with E-state index in [2.05, 4.69) is 0 Å². The zero-order valence-electron chi connectivity index (χ0n) is 20.0. The van der Waals surface area contributed by atoms with Crippen molar-refractivity contribution in [1.82, 2.24) is 4.90 Å². The van der Waals surface area contributed by atoms with Crippen LogP contribution >= 0.6 is 11.6 Å². The Morgan fingerprint density at radius 3 is 2.39 bits per heavy atom. The van der Waals surface area contributed by atoms with Gasteiger partial charge < -0.3 is 14.1 Å². The van der Waals surface area contributed by atoms with E-state index in [0.29, 0.717) is 16.9 Å². The summed E-state index contributed by atoms with van der Waals surface area (Å²) in [7, 11) is 0. The average Bonchev–Trinajstić information content (AvgIpc) is 3.30. The van der Waals surface area contributed by atoms with E-state index < -0.39 is 10.7 Å². The van der Waals surface area contributed by atoms with E-state index in [9.17, 15) is 19.7 Å². The van der Waals surface area contributed by atoms with Crippen LogP contribution in [0.15, 0.2) is 95.4 Å². The van der Waals surface area contributed by atoms with Crippen molar-refractivity contribution in [3.8, 4) is 5.75 Å². The lowest BCUT2D eigenvalue weighted by Crippen LogP contribution is -2.38. The summed E-state index contributed by atoms with van der Waals surface area (Å²) in [6, 6.07) is 25.7. The number of benzene rings is 4. The van der Waals surface area contributed by atoms with E-state index in [1.165, 1.54) is 17.0 Å². The Labute approximate surface area is 222 Å². The highest BCUT2D eigenvalue weighted by Crippen LogP contribution is 2.31. The van der Waals surface area contributed by atoms with Gasteiger partial charge in [0.25, 0.3) is 11.6 Å². The van der Waals surface area contributed by atoms with Gasteiger partial charge in [0, 0.05) is 34.0 Å². The SMILES string of the molecule is O=C(CN(CCOc1ccc2c(c1)oc1ccccc12)C(=O)c1ccccc1)c1ccc(Cl)c([N+](=O)[O-])c1. The van der Waals surface area contributed by atoms with Gasteiger partial charge in [0.05, 0.1) is 18.0 Å². The average molecular weight is 529 g/mol. The Morgan fingerprint density at radius 2 is 1.61 bits per heavy atom. The molecule has 0 unspecified atom stereocenters. The Morgan fingerprint density at radius 1 is 0.868 bits per heavy atom. The summed E-state index contributed by atoms with van der Waals surface area (Å²) in [4.78, 5) is 38.2. The van der Waals surface area contributed by atoms with Crippen LogP contribution in [0.2, 0.25) is 5.02 Å². The molecule has 1 heterocycles. The number of hydrogen-bond acceptors (Lipinski definition) is 6. The zero-order chi connectivity index (χ0) is 26.6. The second kappa shape index (κ2) is 10.7. The molecule has 8 nitrogen and oxygen atoms in total. The van der Waals surface area contributed by atoms with E-state index in [1.807, 2.05) is 36.4 Å². The molecule has 0 saturated carbocycles. The van der Waals surface area contributed by atoms with Crippen molar-refractivity contribution >= 4 is 50.9 Å². The molecule has 0 saturated heterocycles. The van der Waals surface area contributed by atoms with E-state index in [-0.39, 0.29) is 41.9 Å². The molecule has 5 rings (SSSR count). The van der Waals surface area contributed by atoms with Crippen molar-refractivity contribution in [1.29, 1.82) is 0 Å². The fraction of sp³-hybridized carbons (Fsp3) is 0.103. The number of nitro benzene ring substituents is 1. The minimum atomic E-state index is -0.654. The highest BCUT2D eigenvalue weighted by atomic mass is 35.5. The fourth-order valence-electron chi connectivity index (χ4n) is 4.18. The molecule has 0 bridgehead atoms. The lowest BCUT2D eigenvalue weighted by Gasteiger charge is -2.22. The molecular weight excluding hydrogens is 508 g/mol. The molecule has 5 aromatic rings. The standard InChI is InChI=1S/C29H21ClN2O6/c30-24-13-10-20(16-25(24)32(35)36)26(33)18-31(29(34)19-6-2-1-3-7-19)14-15-37-21-11-12-23-22-8-4-5-9-27(22)38-28(23)17-21/h1-13,16-17H,14-15,18H2. The number of ketones is 1. The van der Waals surface area contributed by atoms with Crippen LogP contribution < -0.4 is 4.74 Å². The Bertz CT molecular complexity index is 1660. The lowest BCUT2D eigenvalue weighted by molar-refractivity contribution is -0.384. The van der Waals surface area contributed by atoms with Crippen molar-refractivity contribution in [2.24, 2.45) is 0 Å². The van der Waals surface area contributed by atoms with Crippen LogP contribution in [0.25, 0.3) is 21.9 Å². The Kier molecular flexibility index (Phi) is 7.06. The number of nitro groups is 1. The highest BCUT2D eigenvalue weighted by molar-refractivity contribution is 6.32. The molecule has 190 valence electrons. The van der Waals surface area contributed by atoms with Crippen LogP contribution in [0.1, 0.15) is 20.7 Å². The molecule has 0 aliphatic rings. The second-order valence-corrected chi connectivity index (χ2v) is 8.95. The van der Waals surface area contributed by atoms with Crippen LogP contribution in [0, 0.1) is 10.1 Å². The van der Waals surface area contributed by atoms with Gasteiger partial charge in [-0.1, -0.05) is 48.0 Å². The summed E-state index contributed by atoms with van der Waals surface area (Å²) >= 11 is 5.88. The predicted molar refractivity (Wildman–Crippen MR) is 144 cm³/mol. The summed E-state index contributed by atoms with van der Waals surface area (Å²) in [5, 5.41) is 13.1. The normalized spacial score (nSPS) is 11.0. The van der Waals surface area contributed by atoms with Gasteiger partial charge in [0.1, 0.15) is 28.5 Å². The molecule has 0 radical (unpaired) electrons. The molecule has 0 aliphatic heterocycles. The number of ether oxygens (including phenoxy) is 1. The first-order valence-electron chi connectivity index (χ1n) is 11.8. The lowest BCUT2D eigenvalue weighted by atomic mass is 10.1. The minimum Gasteiger partial charge on any atom is -0.492 e. The number of hydrogen-bond donors (Lipinski definition) is 0. The van der Waals surface area contributed by atoms with Crippen LogP contribution in [-0.4, -0.2) is 41.2 Å². The third-order valence-corrected chi connectivity index (χ3v) is 6.41. The topological polar surface area (TPSA) is 103 Å². The number of furan rings is 1. The molecular formula is C29H21ClN2O6. The molecule has 0 N–H and O–H groups in total. The number of fused-ring (bicyclic) bond motifs is 3. The van der Waals surface area contributed by atoms with Crippen molar-refractivity contribution in [2.45, 2.75) is 0 Å². The molecule has 0 aliphatic carbocycles. The van der Waals surface area contributed by atoms with Gasteiger partial charge in [-0.05, 0) is 42.5 Å². The van der Waals surface area contributed by atoms with Gasteiger partial charge in [-0.2, -0.15) is 0 Å². The number of para-hydroxylation sites is 1. The van der Waals surface area contributed by atoms with Gasteiger partial charge in [-0.3, -0.25) is 19.7 Å². The number of rotatable bonds is 9. The third kappa shape index (κ3) is 5.21. The van der Waals surface area contributed by atoms with E-state index in [4.69, 9.17) is 20.8 Å². The van der Waals surface area contributed by atoms with Crippen LogP contribution in [-0.2, 0) is 0 Å². The Balaban J connectivity index is 1.33. The number of nitrogens with zero attached hydrogens (tertiary/aromatic N) is 2. The number of amides is 1. The summed E-state index contributed by atoms with van der Waals surface area (Å²) in [6.45, 7) is -0.0792. The summed E-state index contributed by atoms with van der Waals surface area (Å²) in [6.07, 6.45) is 0. The molecule has 9 heteroatoms. The molecule has 0 atom stereocenters. The van der Waals surface area contributed by atoms with Crippen molar-refractivity contribution in [3.05, 3.63) is 117 Å². The molecule has 0 spiro atoms. The first kappa shape index (κ1) is 25.0.